The number of carbonyl (C=O) groups is 1. The number of furan rings is 1. The number of hydrogen-bond donors (Lipinski definition) is 4. The van der Waals surface area contributed by atoms with Crippen LogP contribution in [0.2, 0.25) is 0 Å². The van der Waals surface area contributed by atoms with Crippen molar-refractivity contribution in [2.45, 2.75) is 32.6 Å². The molecular formula is C28H26N8O2. The summed E-state index contributed by atoms with van der Waals surface area (Å²) in [5, 5.41) is 11.4. The maximum atomic E-state index is 12.2. The number of aromatic amines is 2. The lowest BCUT2D eigenvalue weighted by Crippen LogP contribution is -2.11. The smallest absolute Gasteiger partial charge is 0.224 e. The molecule has 0 unspecified atom stereocenters. The van der Waals surface area contributed by atoms with Crippen molar-refractivity contribution in [3.8, 4) is 22.8 Å². The number of fused-ring (bicyclic) bond motifs is 2. The van der Waals surface area contributed by atoms with Gasteiger partial charge in [-0.1, -0.05) is 19.4 Å². The molecule has 38 heavy (non-hydrogen) atoms. The second kappa shape index (κ2) is 9.81. The van der Waals surface area contributed by atoms with Crippen LogP contribution >= 0.6 is 0 Å². The number of amides is 1. The molecule has 5 heterocycles. The van der Waals surface area contributed by atoms with Crippen LogP contribution in [0.25, 0.3) is 39.3 Å². The number of imidazole rings is 1. The number of rotatable bonds is 7. The van der Waals surface area contributed by atoms with Crippen molar-refractivity contribution in [1.82, 2.24) is 30.1 Å². The molecule has 0 aromatic carbocycles. The van der Waals surface area contributed by atoms with Crippen LogP contribution in [0.3, 0.4) is 0 Å². The number of unbranched alkanes of at least 4 members (excludes halogenated alkanes) is 1. The average Bonchev–Trinajstić information content (AvgIpc) is 3.67. The Hall–Kier alpha value is -4.99. The summed E-state index contributed by atoms with van der Waals surface area (Å²) >= 11 is 0. The van der Waals surface area contributed by atoms with Gasteiger partial charge in [-0.25, -0.2) is 4.98 Å². The highest BCUT2D eigenvalue weighted by Gasteiger charge is 2.22. The third kappa shape index (κ3) is 4.47. The fourth-order valence-electron chi connectivity index (χ4n) is 4.52. The number of nitrogens with zero attached hydrogens (tertiary/aromatic N) is 4. The number of nitrogens with one attached hydrogen (secondary N) is 3. The first-order valence-electron chi connectivity index (χ1n) is 12.5. The number of hydrogen-bond acceptors (Lipinski definition) is 7. The van der Waals surface area contributed by atoms with Gasteiger partial charge < -0.3 is 20.5 Å². The van der Waals surface area contributed by atoms with Gasteiger partial charge in [0, 0.05) is 52.5 Å². The van der Waals surface area contributed by atoms with Crippen LogP contribution < -0.4 is 11.1 Å². The van der Waals surface area contributed by atoms with Crippen LogP contribution in [-0.4, -0.2) is 36.0 Å². The topological polar surface area (TPSA) is 151 Å². The van der Waals surface area contributed by atoms with Crippen molar-refractivity contribution in [3.63, 3.8) is 0 Å². The van der Waals surface area contributed by atoms with E-state index in [4.69, 9.17) is 15.1 Å². The zero-order chi connectivity index (χ0) is 26.1. The van der Waals surface area contributed by atoms with Crippen LogP contribution in [0.5, 0.6) is 0 Å². The van der Waals surface area contributed by atoms with Crippen molar-refractivity contribution in [1.29, 1.82) is 0 Å². The van der Waals surface area contributed by atoms with E-state index in [-0.39, 0.29) is 5.91 Å². The molecule has 5 aromatic rings. The molecule has 190 valence electrons. The van der Waals surface area contributed by atoms with Crippen LogP contribution in [0.15, 0.2) is 71.6 Å². The van der Waals surface area contributed by atoms with Crippen molar-refractivity contribution in [3.05, 3.63) is 84.1 Å². The van der Waals surface area contributed by atoms with E-state index in [9.17, 15) is 4.79 Å². The number of carbonyl (C=O) groups excluding carboxylic acids is 1. The third-order valence-electron chi connectivity index (χ3n) is 6.46. The van der Waals surface area contributed by atoms with E-state index < -0.39 is 0 Å². The molecule has 0 saturated heterocycles. The average molecular weight is 507 g/mol. The molecule has 5 N–H and O–H groups in total. The van der Waals surface area contributed by atoms with Crippen molar-refractivity contribution >= 4 is 28.1 Å². The SMILES string of the molecule is CCCCC(=O)Nc1cncc(-c2cc3c(-c4nc5c([nH]4)CC(N)=CC=C5c4ccoc4)n[nH]c3cn2)c1. The molecule has 6 rings (SSSR count). The molecule has 10 heteroatoms. The molecule has 0 spiro atoms. The second-order valence-electron chi connectivity index (χ2n) is 9.22. The summed E-state index contributed by atoms with van der Waals surface area (Å²) in [6.07, 6.45) is 15.1. The Kier molecular flexibility index (Phi) is 6.04. The van der Waals surface area contributed by atoms with Crippen molar-refractivity contribution in [2.24, 2.45) is 5.73 Å². The van der Waals surface area contributed by atoms with Gasteiger partial charge in [-0.2, -0.15) is 5.10 Å². The van der Waals surface area contributed by atoms with Gasteiger partial charge in [0.25, 0.3) is 0 Å². The van der Waals surface area contributed by atoms with E-state index in [1.165, 1.54) is 0 Å². The molecule has 10 nitrogen and oxygen atoms in total. The molecule has 1 aliphatic rings. The van der Waals surface area contributed by atoms with Crippen molar-refractivity contribution in [2.75, 3.05) is 5.32 Å². The summed E-state index contributed by atoms with van der Waals surface area (Å²) in [7, 11) is 0. The van der Waals surface area contributed by atoms with E-state index in [1.54, 1.807) is 31.1 Å². The summed E-state index contributed by atoms with van der Waals surface area (Å²) in [6.45, 7) is 2.06. The van der Waals surface area contributed by atoms with Gasteiger partial charge in [-0.15, -0.1) is 0 Å². The molecule has 5 aromatic heterocycles. The number of allylic oxidation sites excluding steroid dienone is 3. The lowest BCUT2D eigenvalue weighted by molar-refractivity contribution is -0.116. The number of pyridine rings is 2. The number of H-pyrrole nitrogens is 2. The number of anilines is 1. The number of aromatic nitrogens is 6. The molecule has 0 bridgehead atoms. The van der Waals surface area contributed by atoms with Gasteiger partial charge in [0.05, 0.1) is 47.5 Å². The first-order valence-corrected chi connectivity index (χ1v) is 12.5. The molecule has 0 saturated carbocycles. The Morgan fingerprint density at radius 2 is 2.08 bits per heavy atom. The maximum absolute atomic E-state index is 12.2. The van der Waals surface area contributed by atoms with Crippen molar-refractivity contribution < 1.29 is 9.21 Å². The summed E-state index contributed by atoms with van der Waals surface area (Å²) in [6, 6.07) is 5.72. The Balaban J connectivity index is 1.36. The zero-order valence-corrected chi connectivity index (χ0v) is 20.8. The summed E-state index contributed by atoms with van der Waals surface area (Å²) < 4.78 is 5.31. The zero-order valence-electron chi connectivity index (χ0n) is 20.8. The molecular weight excluding hydrogens is 480 g/mol. The predicted molar refractivity (Wildman–Crippen MR) is 145 cm³/mol. The van der Waals surface area contributed by atoms with Gasteiger partial charge in [-0.3, -0.25) is 19.9 Å². The third-order valence-corrected chi connectivity index (χ3v) is 6.46. The molecule has 0 atom stereocenters. The molecule has 0 radical (unpaired) electrons. The van der Waals surface area contributed by atoms with E-state index >= 15 is 0 Å². The minimum Gasteiger partial charge on any atom is -0.472 e. The van der Waals surface area contributed by atoms with Gasteiger partial charge >= 0.3 is 0 Å². The minimum absolute atomic E-state index is 0.0248. The van der Waals surface area contributed by atoms with E-state index in [2.05, 4.69) is 37.4 Å². The van der Waals surface area contributed by atoms with Gasteiger partial charge in [-0.05, 0) is 30.7 Å². The predicted octanol–water partition coefficient (Wildman–Crippen LogP) is 4.96. The molecule has 0 fully saturated rings. The second-order valence-corrected chi connectivity index (χ2v) is 9.22. The standard InChI is InChI=1S/C28H26N8O2/c1-2-3-4-25(37)32-19-9-17(12-30-13-19)22-11-21-24(14-31-22)35-36-27(21)28-33-23-10-18(29)5-6-20(26(23)34-28)16-7-8-38-15-16/h5-9,11-15H,2-4,10,29H2,1H3,(H,32,37)(H,33,34)(H,35,36). The van der Waals surface area contributed by atoms with E-state index in [0.717, 1.165) is 57.5 Å². The highest BCUT2D eigenvalue weighted by Crippen LogP contribution is 2.33. The van der Waals surface area contributed by atoms with Crippen LogP contribution in [0.1, 0.15) is 43.1 Å². The summed E-state index contributed by atoms with van der Waals surface area (Å²) in [5.74, 6) is 0.598. The highest BCUT2D eigenvalue weighted by atomic mass is 16.3. The molecule has 0 aliphatic heterocycles. The Bertz CT molecular complexity index is 1690. The van der Waals surface area contributed by atoms with Crippen LogP contribution in [0.4, 0.5) is 5.69 Å². The van der Waals surface area contributed by atoms with Gasteiger partial charge in [0.15, 0.2) is 5.82 Å². The van der Waals surface area contributed by atoms with Crippen LogP contribution in [-0.2, 0) is 11.2 Å². The molecule has 1 amide bonds. The largest absolute Gasteiger partial charge is 0.472 e. The van der Waals surface area contributed by atoms with Gasteiger partial charge in [0.1, 0.15) is 5.69 Å². The molecule has 1 aliphatic carbocycles. The normalized spacial score (nSPS) is 13.1. The monoisotopic (exact) mass is 506 g/mol. The minimum atomic E-state index is -0.0248. The van der Waals surface area contributed by atoms with E-state index in [1.807, 2.05) is 30.4 Å². The van der Waals surface area contributed by atoms with Crippen LogP contribution in [0, 0.1) is 0 Å². The first-order chi connectivity index (χ1) is 18.6. The Morgan fingerprint density at radius 1 is 1.16 bits per heavy atom. The lowest BCUT2D eigenvalue weighted by atomic mass is 10.0. The fraction of sp³-hybridized carbons (Fsp3) is 0.179. The lowest BCUT2D eigenvalue weighted by Gasteiger charge is -2.07. The Morgan fingerprint density at radius 3 is 2.92 bits per heavy atom. The quantitative estimate of drug-likeness (QED) is 0.243. The first kappa shape index (κ1) is 23.4. The summed E-state index contributed by atoms with van der Waals surface area (Å²) in [5.41, 5.74) is 14.1. The highest BCUT2D eigenvalue weighted by molar-refractivity contribution is 5.94. The van der Waals surface area contributed by atoms with E-state index in [0.29, 0.717) is 35.7 Å². The van der Waals surface area contributed by atoms with Gasteiger partial charge in [0.2, 0.25) is 5.91 Å². The maximum Gasteiger partial charge on any atom is 0.224 e. The number of nitrogens with two attached hydrogens (primary N) is 1. The Labute approximate surface area is 218 Å². The fourth-order valence-corrected chi connectivity index (χ4v) is 4.52. The summed E-state index contributed by atoms with van der Waals surface area (Å²) in [4.78, 5) is 29.4.